The van der Waals surface area contributed by atoms with Crippen molar-refractivity contribution < 1.29 is 14.5 Å². The molecule has 140 valence electrons. The molecule has 0 radical (unpaired) electrons. The number of nitrogens with zero attached hydrogens (tertiary/aromatic N) is 2. The van der Waals surface area contributed by atoms with E-state index in [1.165, 1.54) is 12.1 Å². The molecule has 8 heteroatoms. The normalized spacial score (nSPS) is 16.6. The average molecular weight is 393 g/mol. The Kier molecular flexibility index (Phi) is 4.70. The highest BCUT2D eigenvalue weighted by Gasteiger charge is 2.39. The molecule has 1 saturated heterocycles. The van der Waals surface area contributed by atoms with E-state index in [2.05, 4.69) is 5.32 Å². The number of carbonyl (C=O) groups is 2. The topological polar surface area (TPSA) is 92.6 Å². The van der Waals surface area contributed by atoms with E-state index < -0.39 is 10.3 Å². The quantitative estimate of drug-likeness (QED) is 0.511. The summed E-state index contributed by atoms with van der Waals surface area (Å²) in [6.45, 7) is 0.0797. The van der Waals surface area contributed by atoms with E-state index in [9.17, 15) is 19.7 Å². The summed E-state index contributed by atoms with van der Waals surface area (Å²) in [7, 11) is 0. The summed E-state index contributed by atoms with van der Waals surface area (Å²) < 4.78 is 0. The zero-order chi connectivity index (χ0) is 19.7. The van der Waals surface area contributed by atoms with E-state index in [0.29, 0.717) is 5.56 Å². The van der Waals surface area contributed by atoms with E-state index >= 15 is 0 Å². The molecule has 2 amide bonds. The predicted octanol–water partition coefficient (Wildman–Crippen LogP) is 4.38. The lowest BCUT2D eigenvalue weighted by Crippen LogP contribution is -2.33. The molecular weight excluding hydrogens is 378 g/mol. The van der Waals surface area contributed by atoms with Crippen molar-refractivity contribution in [3.63, 3.8) is 0 Å². The van der Waals surface area contributed by atoms with Crippen LogP contribution in [0.2, 0.25) is 0 Å². The molecule has 0 saturated carbocycles. The summed E-state index contributed by atoms with van der Waals surface area (Å²) in [5, 5.41) is 14.9. The van der Waals surface area contributed by atoms with E-state index in [0.717, 1.165) is 33.1 Å². The van der Waals surface area contributed by atoms with Gasteiger partial charge in [-0.2, -0.15) is 0 Å². The Balaban J connectivity index is 1.51. The maximum Gasteiger partial charge on any atom is 0.291 e. The van der Waals surface area contributed by atoms with Crippen molar-refractivity contribution in [2.75, 3.05) is 5.32 Å². The second-order valence-corrected chi connectivity index (χ2v) is 7.34. The summed E-state index contributed by atoms with van der Waals surface area (Å²) >= 11 is 0.931. The number of nitrogens with one attached hydrogen (secondary N) is 1. The summed E-state index contributed by atoms with van der Waals surface area (Å²) in [5.74, 6) is -0.332. The van der Waals surface area contributed by atoms with Gasteiger partial charge in [0.15, 0.2) is 5.37 Å². The zero-order valence-electron chi connectivity index (χ0n) is 14.6. The second kappa shape index (κ2) is 7.32. The maximum absolute atomic E-state index is 12.7. The van der Waals surface area contributed by atoms with Gasteiger partial charge in [-0.15, -0.1) is 0 Å². The maximum atomic E-state index is 12.7. The van der Waals surface area contributed by atoms with Crippen molar-refractivity contribution in [3.05, 3.63) is 82.4 Å². The van der Waals surface area contributed by atoms with Crippen molar-refractivity contribution in [2.45, 2.75) is 11.9 Å². The van der Waals surface area contributed by atoms with Crippen LogP contribution in [0.15, 0.2) is 66.7 Å². The van der Waals surface area contributed by atoms with Gasteiger partial charge in [-0.3, -0.25) is 24.6 Å². The number of amides is 2. The van der Waals surface area contributed by atoms with Crippen molar-refractivity contribution in [1.82, 2.24) is 4.90 Å². The van der Waals surface area contributed by atoms with Crippen LogP contribution in [0.25, 0.3) is 10.8 Å². The van der Waals surface area contributed by atoms with Crippen LogP contribution in [-0.2, 0) is 11.3 Å². The van der Waals surface area contributed by atoms with Crippen LogP contribution in [0.3, 0.4) is 0 Å². The molecule has 28 heavy (non-hydrogen) atoms. The van der Waals surface area contributed by atoms with Gasteiger partial charge in [0.1, 0.15) is 0 Å². The van der Waals surface area contributed by atoms with E-state index in [1.807, 2.05) is 42.5 Å². The molecular formula is C20H15N3O4S. The molecule has 7 nitrogen and oxygen atoms in total. The minimum atomic E-state index is -0.712. The molecule has 1 N–H and O–H groups in total. The Morgan fingerprint density at radius 1 is 1.00 bits per heavy atom. The third-order valence-electron chi connectivity index (χ3n) is 4.49. The van der Waals surface area contributed by atoms with Crippen molar-refractivity contribution in [1.29, 1.82) is 0 Å². The Hall–Kier alpha value is -3.39. The van der Waals surface area contributed by atoms with Crippen LogP contribution in [0.5, 0.6) is 0 Å². The molecule has 0 aliphatic carbocycles. The summed E-state index contributed by atoms with van der Waals surface area (Å²) in [6, 6.07) is 19.4. The number of imide groups is 1. The fourth-order valence-electron chi connectivity index (χ4n) is 3.08. The molecule has 1 heterocycles. The fourth-order valence-corrected chi connectivity index (χ4v) is 3.98. The first-order valence-corrected chi connectivity index (χ1v) is 9.40. The highest BCUT2D eigenvalue weighted by atomic mass is 32.2. The lowest BCUT2D eigenvalue weighted by Gasteiger charge is -2.16. The molecule has 4 rings (SSSR count). The van der Waals surface area contributed by atoms with Crippen molar-refractivity contribution in [3.8, 4) is 0 Å². The summed E-state index contributed by atoms with van der Waals surface area (Å²) in [4.78, 5) is 36.5. The molecule has 1 fully saturated rings. The molecule has 1 atom stereocenters. The number of benzene rings is 3. The van der Waals surface area contributed by atoms with E-state index in [1.54, 1.807) is 12.1 Å². The number of non-ortho nitro benzene ring substituents is 1. The number of rotatable bonds is 5. The number of nitro groups is 1. The Morgan fingerprint density at radius 3 is 2.46 bits per heavy atom. The first-order valence-electron chi connectivity index (χ1n) is 8.52. The summed E-state index contributed by atoms with van der Waals surface area (Å²) in [6.07, 6.45) is 0. The average Bonchev–Trinajstić information content (AvgIpc) is 2.96. The number of nitro benzene ring substituents is 1. The Bertz CT molecular complexity index is 1080. The zero-order valence-corrected chi connectivity index (χ0v) is 15.4. The van der Waals surface area contributed by atoms with Gasteiger partial charge < -0.3 is 5.32 Å². The van der Waals surface area contributed by atoms with Gasteiger partial charge in [-0.25, -0.2) is 0 Å². The fraction of sp³-hybridized carbons (Fsp3) is 0.100. The van der Waals surface area contributed by atoms with Gasteiger partial charge in [0.2, 0.25) is 0 Å². The van der Waals surface area contributed by atoms with Crippen molar-refractivity contribution in [2.24, 2.45) is 0 Å². The van der Waals surface area contributed by atoms with Crippen molar-refractivity contribution >= 4 is 45.1 Å². The van der Waals surface area contributed by atoms with E-state index in [-0.39, 0.29) is 23.4 Å². The molecule has 0 bridgehead atoms. The lowest BCUT2D eigenvalue weighted by molar-refractivity contribution is -0.384. The standard InChI is InChI=1S/C20H15N3O4S/c24-19-18(21-17-7-3-5-14-4-1-2-6-16(14)17)28-20(25)22(19)12-13-8-10-15(11-9-13)23(26)27/h1-11,18,21H,12H2/t18-/m0/s1. The van der Waals surface area contributed by atoms with Gasteiger partial charge in [-0.05, 0) is 28.8 Å². The Morgan fingerprint density at radius 2 is 1.71 bits per heavy atom. The first-order chi connectivity index (χ1) is 13.5. The molecule has 0 spiro atoms. The molecule has 3 aromatic carbocycles. The lowest BCUT2D eigenvalue weighted by atomic mass is 10.1. The highest BCUT2D eigenvalue weighted by Crippen LogP contribution is 2.32. The van der Waals surface area contributed by atoms with Gasteiger partial charge in [0.25, 0.3) is 16.8 Å². The van der Waals surface area contributed by atoms with Gasteiger partial charge in [0, 0.05) is 23.2 Å². The van der Waals surface area contributed by atoms with Crippen LogP contribution in [0, 0.1) is 10.1 Å². The smallest absolute Gasteiger partial charge is 0.291 e. The molecule has 1 aliphatic rings. The largest absolute Gasteiger partial charge is 0.365 e. The minimum Gasteiger partial charge on any atom is -0.365 e. The number of carbonyl (C=O) groups excluding carboxylic acids is 2. The number of hydrogen-bond acceptors (Lipinski definition) is 6. The SMILES string of the molecule is O=C1S[C@H](Nc2cccc3ccccc23)C(=O)N1Cc1ccc([N+](=O)[O-])cc1. The Labute approximate surface area is 164 Å². The van der Waals surface area contributed by atoms with Gasteiger partial charge in [-0.1, -0.05) is 48.5 Å². The number of fused-ring (bicyclic) bond motifs is 1. The molecule has 0 aromatic heterocycles. The highest BCUT2D eigenvalue weighted by molar-refractivity contribution is 8.15. The number of anilines is 1. The molecule has 3 aromatic rings. The third kappa shape index (κ3) is 3.41. The van der Waals surface area contributed by atoms with Crippen LogP contribution < -0.4 is 5.32 Å². The third-order valence-corrected chi connectivity index (χ3v) is 5.47. The molecule has 0 unspecified atom stereocenters. The first kappa shape index (κ1) is 18.0. The van der Waals surface area contributed by atoms with Crippen LogP contribution >= 0.6 is 11.8 Å². The monoisotopic (exact) mass is 393 g/mol. The number of hydrogen-bond donors (Lipinski definition) is 1. The summed E-state index contributed by atoms with van der Waals surface area (Å²) in [5.41, 5.74) is 1.40. The van der Waals surface area contributed by atoms with Crippen LogP contribution in [-0.4, -0.2) is 26.3 Å². The predicted molar refractivity (Wildman–Crippen MR) is 108 cm³/mol. The van der Waals surface area contributed by atoms with Gasteiger partial charge in [0.05, 0.1) is 11.5 Å². The minimum absolute atomic E-state index is 0.0345. The second-order valence-electron chi connectivity index (χ2n) is 6.28. The van der Waals surface area contributed by atoms with E-state index in [4.69, 9.17) is 0 Å². The number of thioether (sulfide) groups is 1. The van der Waals surface area contributed by atoms with Crippen LogP contribution in [0.4, 0.5) is 16.2 Å². The van der Waals surface area contributed by atoms with Gasteiger partial charge >= 0.3 is 0 Å². The van der Waals surface area contributed by atoms with Crippen LogP contribution in [0.1, 0.15) is 5.56 Å². The molecule has 1 aliphatic heterocycles.